The summed E-state index contributed by atoms with van der Waals surface area (Å²) in [5.74, 6) is -0.547. The topological polar surface area (TPSA) is 70.3 Å². The van der Waals surface area contributed by atoms with Crippen molar-refractivity contribution in [2.75, 3.05) is 7.11 Å². The Morgan fingerprint density at radius 2 is 2.00 bits per heavy atom. The van der Waals surface area contributed by atoms with Gasteiger partial charge in [0, 0.05) is 0 Å². The van der Waals surface area contributed by atoms with E-state index in [0.29, 0.717) is 11.1 Å². The fourth-order valence-electron chi connectivity index (χ4n) is 1.78. The second-order valence-electron chi connectivity index (χ2n) is 3.95. The zero-order valence-electron chi connectivity index (χ0n) is 10.3. The number of hydrogen-bond acceptors (Lipinski definition) is 4. The first kappa shape index (κ1) is 12.7. The molecule has 0 aliphatic heterocycles. The van der Waals surface area contributed by atoms with Crippen molar-refractivity contribution in [3.63, 3.8) is 0 Å². The molecule has 0 amide bonds. The van der Waals surface area contributed by atoms with Gasteiger partial charge in [-0.2, -0.15) is 5.26 Å². The lowest BCUT2D eigenvalue weighted by atomic mass is 10.0. The number of benzene rings is 2. The number of phenols is 1. The zero-order valence-corrected chi connectivity index (χ0v) is 10.3. The number of phenolic OH excluding ortho intramolecular Hbond substituents is 1. The molecule has 0 unspecified atom stereocenters. The number of carbonyl (C=O) groups is 1. The van der Waals surface area contributed by atoms with Crippen molar-refractivity contribution in [3.8, 4) is 22.9 Å². The minimum Gasteiger partial charge on any atom is -0.508 e. The van der Waals surface area contributed by atoms with Gasteiger partial charge in [0.1, 0.15) is 5.75 Å². The first-order chi connectivity index (χ1) is 9.13. The van der Waals surface area contributed by atoms with Crippen LogP contribution in [0, 0.1) is 11.3 Å². The third-order valence-corrected chi connectivity index (χ3v) is 2.66. The molecule has 0 saturated heterocycles. The smallest absolute Gasteiger partial charge is 0.338 e. The molecular formula is C15H11NO3. The number of carbonyl (C=O) groups excluding carboxylic acids is 1. The molecule has 19 heavy (non-hydrogen) atoms. The van der Waals surface area contributed by atoms with E-state index >= 15 is 0 Å². The summed E-state index contributed by atoms with van der Waals surface area (Å²) in [4.78, 5) is 11.5. The summed E-state index contributed by atoms with van der Waals surface area (Å²) >= 11 is 0. The summed E-state index contributed by atoms with van der Waals surface area (Å²) in [6.07, 6.45) is 0. The fraction of sp³-hybridized carbons (Fsp3) is 0.0667. The van der Waals surface area contributed by atoms with Crippen LogP contribution in [0.4, 0.5) is 0 Å². The van der Waals surface area contributed by atoms with Gasteiger partial charge in [-0.15, -0.1) is 0 Å². The van der Waals surface area contributed by atoms with Crippen LogP contribution in [0.3, 0.4) is 0 Å². The molecule has 0 aliphatic rings. The Morgan fingerprint density at radius 3 is 2.68 bits per heavy atom. The van der Waals surface area contributed by atoms with Gasteiger partial charge in [-0.05, 0) is 41.5 Å². The van der Waals surface area contributed by atoms with Gasteiger partial charge in [-0.3, -0.25) is 0 Å². The molecule has 0 bridgehead atoms. The average molecular weight is 253 g/mol. The van der Waals surface area contributed by atoms with E-state index < -0.39 is 5.97 Å². The van der Waals surface area contributed by atoms with Crippen molar-refractivity contribution >= 4 is 5.97 Å². The van der Waals surface area contributed by atoms with Gasteiger partial charge >= 0.3 is 5.97 Å². The van der Waals surface area contributed by atoms with Crippen molar-refractivity contribution in [2.45, 2.75) is 0 Å². The monoisotopic (exact) mass is 253 g/mol. The van der Waals surface area contributed by atoms with Crippen LogP contribution in [-0.2, 0) is 4.74 Å². The summed E-state index contributed by atoms with van der Waals surface area (Å²) in [5.41, 5.74) is 2.18. The Balaban J connectivity index is 2.53. The Kier molecular flexibility index (Phi) is 3.48. The SMILES string of the molecule is COC(=O)c1cc(O)cc(-c2cccc(C#N)c2)c1. The predicted octanol–water partition coefficient (Wildman–Crippen LogP) is 2.72. The van der Waals surface area contributed by atoms with E-state index in [9.17, 15) is 9.90 Å². The molecule has 2 rings (SSSR count). The van der Waals surface area contributed by atoms with E-state index in [-0.39, 0.29) is 11.3 Å². The van der Waals surface area contributed by atoms with Crippen molar-refractivity contribution in [2.24, 2.45) is 0 Å². The average Bonchev–Trinajstić information content (AvgIpc) is 2.45. The number of rotatable bonds is 2. The maximum absolute atomic E-state index is 11.5. The van der Waals surface area contributed by atoms with Gasteiger partial charge in [-0.1, -0.05) is 12.1 Å². The molecule has 4 heteroatoms. The fourth-order valence-corrected chi connectivity index (χ4v) is 1.78. The molecule has 0 atom stereocenters. The molecule has 0 heterocycles. The Hall–Kier alpha value is -2.80. The minimum absolute atomic E-state index is 0.0275. The number of hydrogen-bond donors (Lipinski definition) is 1. The minimum atomic E-state index is -0.520. The van der Waals surface area contributed by atoms with Crippen LogP contribution in [0.25, 0.3) is 11.1 Å². The van der Waals surface area contributed by atoms with Crippen LogP contribution in [0.5, 0.6) is 5.75 Å². The van der Waals surface area contributed by atoms with Crippen LogP contribution in [-0.4, -0.2) is 18.2 Å². The van der Waals surface area contributed by atoms with E-state index in [1.165, 1.54) is 19.2 Å². The van der Waals surface area contributed by atoms with Crippen LogP contribution in [0.15, 0.2) is 42.5 Å². The summed E-state index contributed by atoms with van der Waals surface area (Å²) in [6, 6.07) is 13.5. The highest BCUT2D eigenvalue weighted by Crippen LogP contribution is 2.26. The molecule has 2 aromatic rings. The maximum Gasteiger partial charge on any atom is 0.338 e. The molecular weight excluding hydrogens is 242 g/mol. The van der Waals surface area contributed by atoms with Gasteiger partial charge in [-0.25, -0.2) is 4.79 Å². The largest absolute Gasteiger partial charge is 0.508 e. The lowest BCUT2D eigenvalue weighted by Crippen LogP contribution is -2.01. The van der Waals surface area contributed by atoms with Crippen molar-refractivity contribution in [1.29, 1.82) is 5.26 Å². The van der Waals surface area contributed by atoms with Crippen LogP contribution < -0.4 is 0 Å². The van der Waals surface area contributed by atoms with Gasteiger partial charge < -0.3 is 9.84 Å². The Bertz CT molecular complexity index is 671. The first-order valence-electron chi connectivity index (χ1n) is 5.57. The standard InChI is InChI=1S/C15H11NO3/c1-19-15(18)13-6-12(7-14(17)8-13)11-4-2-3-10(5-11)9-16/h2-8,17H,1H3. The molecule has 0 spiro atoms. The number of nitriles is 1. The summed E-state index contributed by atoms with van der Waals surface area (Å²) < 4.78 is 4.62. The maximum atomic E-state index is 11.5. The number of methoxy groups -OCH3 is 1. The first-order valence-corrected chi connectivity index (χ1v) is 5.57. The summed E-state index contributed by atoms with van der Waals surface area (Å²) in [5, 5.41) is 18.5. The molecule has 2 aromatic carbocycles. The molecule has 0 saturated carbocycles. The van der Waals surface area contributed by atoms with Crippen molar-refractivity contribution < 1.29 is 14.6 Å². The van der Waals surface area contributed by atoms with Crippen LogP contribution in [0.1, 0.15) is 15.9 Å². The highest BCUT2D eigenvalue weighted by atomic mass is 16.5. The predicted molar refractivity (Wildman–Crippen MR) is 69.6 cm³/mol. The van der Waals surface area contributed by atoms with E-state index in [0.717, 1.165) is 5.56 Å². The van der Waals surface area contributed by atoms with Crippen molar-refractivity contribution in [3.05, 3.63) is 53.6 Å². The third-order valence-electron chi connectivity index (χ3n) is 2.66. The second kappa shape index (κ2) is 5.23. The van der Waals surface area contributed by atoms with Gasteiger partial charge in [0.2, 0.25) is 0 Å². The Labute approximate surface area is 110 Å². The lowest BCUT2D eigenvalue weighted by molar-refractivity contribution is 0.0600. The Morgan fingerprint density at radius 1 is 1.21 bits per heavy atom. The highest BCUT2D eigenvalue weighted by molar-refractivity contribution is 5.91. The van der Waals surface area contributed by atoms with Gasteiger partial charge in [0.15, 0.2) is 0 Å². The highest BCUT2D eigenvalue weighted by Gasteiger charge is 2.10. The summed E-state index contributed by atoms with van der Waals surface area (Å²) in [6.45, 7) is 0. The molecule has 0 aromatic heterocycles. The summed E-state index contributed by atoms with van der Waals surface area (Å²) in [7, 11) is 1.28. The number of ether oxygens (including phenoxy) is 1. The van der Waals surface area contributed by atoms with E-state index in [2.05, 4.69) is 4.74 Å². The third kappa shape index (κ3) is 2.72. The van der Waals surface area contributed by atoms with Crippen LogP contribution >= 0.6 is 0 Å². The quantitative estimate of drug-likeness (QED) is 0.835. The second-order valence-corrected chi connectivity index (χ2v) is 3.95. The lowest BCUT2D eigenvalue weighted by Gasteiger charge is -2.06. The van der Waals surface area contributed by atoms with E-state index in [1.807, 2.05) is 6.07 Å². The molecule has 0 radical (unpaired) electrons. The molecule has 0 aliphatic carbocycles. The van der Waals surface area contributed by atoms with Gasteiger partial charge in [0.25, 0.3) is 0 Å². The number of nitrogens with zero attached hydrogens (tertiary/aromatic N) is 1. The molecule has 0 fully saturated rings. The zero-order chi connectivity index (χ0) is 13.8. The molecule has 1 N–H and O–H groups in total. The normalized spacial score (nSPS) is 9.68. The molecule has 4 nitrogen and oxygen atoms in total. The molecule has 94 valence electrons. The van der Waals surface area contributed by atoms with E-state index in [4.69, 9.17) is 5.26 Å². The number of aromatic hydroxyl groups is 1. The van der Waals surface area contributed by atoms with Crippen LogP contribution in [0.2, 0.25) is 0 Å². The van der Waals surface area contributed by atoms with Gasteiger partial charge in [0.05, 0.1) is 24.3 Å². The number of esters is 1. The van der Waals surface area contributed by atoms with Crippen molar-refractivity contribution in [1.82, 2.24) is 0 Å². The van der Waals surface area contributed by atoms with E-state index in [1.54, 1.807) is 30.3 Å².